The molecule has 0 spiro atoms. The zero-order valence-corrected chi connectivity index (χ0v) is 14.6. The molecule has 8 heteroatoms. The van der Waals surface area contributed by atoms with E-state index in [9.17, 15) is 22.8 Å². The summed E-state index contributed by atoms with van der Waals surface area (Å²) in [6.07, 6.45) is -3.89. The number of aryl methyl sites for hydroxylation is 1. The number of hydrogen-bond acceptors (Lipinski definition) is 3. The van der Waals surface area contributed by atoms with Crippen molar-refractivity contribution in [2.24, 2.45) is 0 Å². The van der Waals surface area contributed by atoms with Gasteiger partial charge in [-0.1, -0.05) is 19.1 Å². The van der Waals surface area contributed by atoms with E-state index in [-0.39, 0.29) is 12.2 Å². The van der Waals surface area contributed by atoms with Crippen LogP contribution in [0.25, 0.3) is 0 Å². The van der Waals surface area contributed by atoms with E-state index in [4.69, 9.17) is 4.74 Å². The Morgan fingerprint density at radius 3 is 2.31 bits per heavy atom. The van der Waals surface area contributed by atoms with Gasteiger partial charge in [-0.15, -0.1) is 0 Å². The van der Waals surface area contributed by atoms with E-state index in [1.165, 1.54) is 19.2 Å². The largest absolute Gasteiger partial charge is 0.465 e. The molecule has 0 aliphatic carbocycles. The Hall–Kier alpha value is -2.77. The van der Waals surface area contributed by atoms with Crippen molar-refractivity contribution in [1.82, 2.24) is 10.3 Å². The summed E-state index contributed by atoms with van der Waals surface area (Å²) in [7, 11) is 1.26. The number of carbonyl (C=O) groups excluding carboxylic acids is 2. The van der Waals surface area contributed by atoms with Gasteiger partial charge in [0.25, 0.3) is 5.91 Å². The van der Waals surface area contributed by atoms with Crippen LogP contribution < -0.4 is 5.32 Å². The topological polar surface area (TPSA) is 71.2 Å². The Bertz CT molecular complexity index is 808. The third-order valence-electron chi connectivity index (χ3n) is 4.03. The number of amides is 1. The number of alkyl halides is 3. The first-order chi connectivity index (χ1) is 12.2. The van der Waals surface area contributed by atoms with Crippen LogP contribution in [0.15, 0.2) is 24.3 Å². The monoisotopic (exact) mass is 368 g/mol. The number of methoxy groups -OCH3 is 1. The van der Waals surface area contributed by atoms with Crippen molar-refractivity contribution in [3.8, 4) is 0 Å². The molecule has 0 aliphatic heterocycles. The van der Waals surface area contributed by atoms with Crippen LogP contribution in [0.3, 0.4) is 0 Å². The number of benzene rings is 1. The van der Waals surface area contributed by atoms with E-state index >= 15 is 0 Å². The SMILES string of the molecule is CCc1[nH]c(C(=O)NCc2ccc(C(F)(F)F)cc2)c(C)c1C(=O)OC. The molecule has 0 saturated carbocycles. The molecule has 0 saturated heterocycles. The third kappa shape index (κ3) is 4.07. The number of aromatic nitrogens is 1. The molecule has 0 unspecified atom stereocenters. The van der Waals surface area contributed by atoms with Gasteiger partial charge in [-0.05, 0) is 36.6 Å². The van der Waals surface area contributed by atoms with Crippen LogP contribution in [0.2, 0.25) is 0 Å². The summed E-state index contributed by atoms with van der Waals surface area (Å²) in [5.41, 5.74) is 1.40. The van der Waals surface area contributed by atoms with Crippen LogP contribution in [0.1, 0.15) is 50.2 Å². The average molecular weight is 368 g/mol. The minimum Gasteiger partial charge on any atom is -0.465 e. The number of nitrogens with one attached hydrogen (secondary N) is 2. The maximum Gasteiger partial charge on any atom is 0.416 e. The first kappa shape index (κ1) is 19.6. The summed E-state index contributed by atoms with van der Waals surface area (Å²) in [6, 6.07) is 4.54. The lowest BCUT2D eigenvalue weighted by molar-refractivity contribution is -0.137. The highest BCUT2D eigenvalue weighted by Crippen LogP contribution is 2.29. The predicted molar refractivity (Wildman–Crippen MR) is 88.9 cm³/mol. The predicted octanol–water partition coefficient (Wildman–Crippen LogP) is 3.62. The molecular weight excluding hydrogens is 349 g/mol. The summed E-state index contributed by atoms with van der Waals surface area (Å²) in [5, 5.41) is 2.63. The number of rotatable bonds is 5. The second-order valence-electron chi connectivity index (χ2n) is 5.70. The second kappa shape index (κ2) is 7.63. The average Bonchev–Trinajstić information content (AvgIpc) is 2.95. The van der Waals surface area contributed by atoms with Gasteiger partial charge in [0, 0.05) is 12.2 Å². The van der Waals surface area contributed by atoms with Gasteiger partial charge in [-0.3, -0.25) is 4.79 Å². The van der Waals surface area contributed by atoms with Crippen LogP contribution in [0.4, 0.5) is 13.2 Å². The van der Waals surface area contributed by atoms with Crippen LogP contribution in [0.5, 0.6) is 0 Å². The third-order valence-corrected chi connectivity index (χ3v) is 4.03. The summed E-state index contributed by atoms with van der Waals surface area (Å²) in [6.45, 7) is 3.53. The van der Waals surface area contributed by atoms with Crippen molar-refractivity contribution < 1.29 is 27.5 Å². The van der Waals surface area contributed by atoms with Crippen LogP contribution in [-0.2, 0) is 23.9 Å². The molecule has 1 amide bonds. The zero-order valence-electron chi connectivity index (χ0n) is 14.6. The fourth-order valence-electron chi connectivity index (χ4n) is 2.61. The Morgan fingerprint density at radius 1 is 1.19 bits per heavy atom. The summed E-state index contributed by atoms with van der Waals surface area (Å²) in [5.74, 6) is -0.982. The van der Waals surface area contributed by atoms with E-state index in [0.717, 1.165) is 12.1 Å². The highest BCUT2D eigenvalue weighted by molar-refractivity contribution is 6.00. The maximum atomic E-state index is 12.6. The van der Waals surface area contributed by atoms with Gasteiger partial charge in [0.15, 0.2) is 0 Å². The van der Waals surface area contributed by atoms with E-state index in [2.05, 4.69) is 10.3 Å². The van der Waals surface area contributed by atoms with Crippen molar-refractivity contribution >= 4 is 11.9 Å². The zero-order chi connectivity index (χ0) is 19.5. The molecule has 140 valence electrons. The molecule has 2 aromatic rings. The van der Waals surface area contributed by atoms with Crippen molar-refractivity contribution in [3.05, 3.63) is 57.9 Å². The number of aromatic amines is 1. The molecule has 0 fully saturated rings. The molecule has 1 heterocycles. The van der Waals surface area contributed by atoms with Crippen molar-refractivity contribution in [1.29, 1.82) is 0 Å². The van der Waals surface area contributed by atoms with Gasteiger partial charge in [0.05, 0.1) is 18.2 Å². The Balaban J connectivity index is 2.13. The maximum absolute atomic E-state index is 12.6. The lowest BCUT2D eigenvalue weighted by Gasteiger charge is -2.08. The highest BCUT2D eigenvalue weighted by atomic mass is 19.4. The molecule has 1 aromatic heterocycles. The molecule has 0 radical (unpaired) electrons. The first-order valence-electron chi connectivity index (χ1n) is 7.93. The number of carbonyl (C=O) groups is 2. The minimum absolute atomic E-state index is 0.0600. The molecular formula is C18H19F3N2O3. The van der Waals surface area contributed by atoms with Crippen LogP contribution in [-0.4, -0.2) is 24.0 Å². The molecule has 0 aliphatic rings. The summed E-state index contributed by atoms with van der Waals surface area (Å²) < 4.78 is 42.4. The van der Waals surface area contributed by atoms with E-state index in [1.54, 1.807) is 6.92 Å². The smallest absolute Gasteiger partial charge is 0.416 e. The second-order valence-corrected chi connectivity index (χ2v) is 5.70. The van der Waals surface area contributed by atoms with E-state index < -0.39 is 23.6 Å². The van der Waals surface area contributed by atoms with Crippen LogP contribution in [0, 0.1) is 6.92 Å². The van der Waals surface area contributed by atoms with Crippen LogP contribution >= 0.6 is 0 Å². The van der Waals surface area contributed by atoms with E-state index in [1.807, 2.05) is 6.92 Å². The number of ether oxygens (including phenoxy) is 1. The summed E-state index contributed by atoms with van der Waals surface area (Å²) in [4.78, 5) is 27.2. The first-order valence-corrected chi connectivity index (χ1v) is 7.93. The van der Waals surface area contributed by atoms with Gasteiger partial charge in [-0.2, -0.15) is 13.2 Å². The lowest BCUT2D eigenvalue weighted by Crippen LogP contribution is -2.24. The van der Waals surface area contributed by atoms with Crippen molar-refractivity contribution in [2.45, 2.75) is 33.0 Å². The van der Waals surface area contributed by atoms with Gasteiger partial charge in [0.2, 0.25) is 0 Å². The lowest BCUT2D eigenvalue weighted by atomic mass is 10.1. The fourth-order valence-corrected chi connectivity index (χ4v) is 2.61. The highest BCUT2D eigenvalue weighted by Gasteiger charge is 2.30. The normalized spacial score (nSPS) is 11.3. The molecule has 26 heavy (non-hydrogen) atoms. The van der Waals surface area contributed by atoms with Gasteiger partial charge >= 0.3 is 12.1 Å². The Morgan fingerprint density at radius 2 is 1.81 bits per heavy atom. The summed E-state index contributed by atoms with van der Waals surface area (Å²) >= 11 is 0. The van der Waals surface area contributed by atoms with Gasteiger partial charge in [0.1, 0.15) is 5.69 Å². The van der Waals surface area contributed by atoms with Gasteiger partial charge in [-0.25, -0.2) is 4.79 Å². The molecule has 0 bridgehead atoms. The number of esters is 1. The van der Waals surface area contributed by atoms with E-state index in [0.29, 0.717) is 28.8 Å². The number of H-pyrrole nitrogens is 1. The standard InChI is InChI=1S/C18H19F3N2O3/c1-4-13-14(17(25)26-3)10(2)15(23-13)16(24)22-9-11-5-7-12(8-6-11)18(19,20)21/h5-8,23H,4,9H2,1-3H3,(H,22,24). The van der Waals surface area contributed by atoms with Gasteiger partial charge < -0.3 is 15.0 Å². The van der Waals surface area contributed by atoms with Crippen molar-refractivity contribution in [2.75, 3.05) is 7.11 Å². The van der Waals surface area contributed by atoms with Crippen molar-refractivity contribution in [3.63, 3.8) is 0 Å². The molecule has 2 N–H and O–H groups in total. The molecule has 1 aromatic carbocycles. The number of halogens is 3. The fraction of sp³-hybridized carbons (Fsp3) is 0.333. The molecule has 5 nitrogen and oxygen atoms in total. The Kier molecular flexibility index (Phi) is 5.74. The number of hydrogen-bond donors (Lipinski definition) is 2. The molecule has 2 rings (SSSR count). The molecule has 0 atom stereocenters. The quantitative estimate of drug-likeness (QED) is 0.792. The minimum atomic E-state index is -4.40. The Labute approximate surface area is 148 Å².